The summed E-state index contributed by atoms with van der Waals surface area (Å²) in [4.78, 5) is 13.1. The zero-order valence-corrected chi connectivity index (χ0v) is 11.2. The molecule has 2 nitrogen and oxygen atoms in total. The van der Waals surface area contributed by atoms with E-state index in [1.54, 1.807) is 0 Å². The summed E-state index contributed by atoms with van der Waals surface area (Å²) in [5.74, 6) is 0.128. The zero-order valence-electron chi connectivity index (χ0n) is 9.61. The van der Waals surface area contributed by atoms with Crippen molar-refractivity contribution >= 4 is 28.7 Å². The number of rotatable bonds is 3. The minimum atomic E-state index is 0.128. The number of carbonyl (C=O) groups excluding carboxylic acids is 1. The van der Waals surface area contributed by atoms with Gasteiger partial charge in [-0.3, -0.25) is 4.79 Å². The van der Waals surface area contributed by atoms with Crippen molar-refractivity contribution in [3.63, 3.8) is 0 Å². The Morgan fingerprint density at radius 1 is 1.22 bits per heavy atom. The summed E-state index contributed by atoms with van der Waals surface area (Å²) in [5.41, 5.74) is 3.07. The van der Waals surface area contributed by atoms with Gasteiger partial charge in [0, 0.05) is 16.9 Å². The molecular formula is C14H11ClO2S. The maximum atomic E-state index is 12.1. The molecule has 18 heavy (non-hydrogen) atoms. The molecule has 0 amide bonds. The van der Waals surface area contributed by atoms with Crippen molar-refractivity contribution in [3.05, 3.63) is 56.2 Å². The van der Waals surface area contributed by atoms with Crippen LogP contribution in [0.3, 0.4) is 0 Å². The SMILES string of the molecule is O=C(Cc1ccc(Cl)s1)c1ccc2c(c1)COC2. The van der Waals surface area contributed by atoms with E-state index in [-0.39, 0.29) is 5.78 Å². The molecule has 0 saturated carbocycles. The lowest BCUT2D eigenvalue weighted by Crippen LogP contribution is -2.03. The second-order valence-electron chi connectivity index (χ2n) is 4.28. The summed E-state index contributed by atoms with van der Waals surface area (Å²) in [6.07, 6.45) is 0.414. The average molecular weight is 279 g/mol. The third-order valence-corrected chi connectivity index (χ3v) is 4.24. The molecule has 0 aliphatic carbocycles. The van der Waals surface area contributed by atoms with Gasteiger partial charge in [-0.2, -0.15) is 0 Å². The van der Waals surface area contributed by atoms with Gasteiger partial charge >= 0.3 is 0 Å². The number of hydrogen-bond donors (Lipinski definition) is 0. The Kier molecular flexibility index (Phi) is 3.20. The number of fused-ring (bicyclic) bond motifs is 1. The van der Waals surface area contributed by atoms with Gasteiger partial charge in [-0.05, 0) is 29.3 Å². The summed E-state index contributed by atoms with van der Waals surface area (Å²) in [6.45, 7) is 1.27. The first-order chi connectivity index (χ1) is 8.72. The molecule has 92 valence electrons. The van der Waals surface area contributed by atoms with E-state index in [2.05, 4.69) is 0 Å². The largest absolute Gasteiger partial charge is 0.372 e. The second kappa shape index (κ2) is 4.84. The first kappa shape index (κ1) is 11.9. The lowest BCUT2D eigenvalue weighted by atomic mass is 10.0. The quantitative estimate of drug-likeness (QED) is 0.797. The van der Waals surface area contributed by atoms with Crippen LogP contribution in [0.25, 0.3) is 0 Å². The molecule has 2 heterocycles. The average Bonchev–Trinajstić information content (AvgIpc) is 2.96. The van der Waals surface area contributed by atoms with Crippen molar-refractivity contribution in [3.8, 4) is 0 Å². The van der Waals surface area contributed by atoms with Crippen molar-refractivity contribution in [2.24, 2.45) is 0 Å². The van der Waals surface area contributed by atoms with E-state index in [4.69, 9.17) is 16.3 Å². The van der Waals surface area contributed by atoms with Crippen molar-refractivity contribution < 1.29 is 9.53 Å². The van der Waals surface area contributed by atoms with E-state index < -0.39 is 0 Å². The fourth-order valence-electron chi connectivity index (χ4n) is 2.05. The molecule has 0 bridgehead atoms. The summed E-state index contributed by atoms with van der Waals surface area (Å²) < 4.78 is 6.07. The summed E-state index contributed by atoms with van der Waals surface area (Å²) in [7, 11) is 0. The maximum Gasteiger partial charge on any atom is 0.168 e. The van der Waals surface area contributed by atoms with Gasteiger partial charge in [-0.15, -0.1) is 11.3 Å². The molecule has 0 radical (unpaired) electrons. The number of carbonyl (C=O) groups is 1. The number of hydrogen-bond acceptors (Lipinski definition) is 3. The topological polar surface area (TPSA) is 26.3 Å². The fourth-order valence-corrected chi connectivity index (χ4v) is 3.14. The van der Waals surface area contributed by atoms with E-state index in [0.29, 0.717) is 19.6 Å². The maximum absolute atomic E-state index is 12.1. The molecule has 3 rings (SSSR count). The highest BCUT2D eigenvalue weighted by Gasteiger charge is 2.15. The Morgan fingerprint density at radius 2 is 2.06 bits per heavy atom. The minimum Gasteiger partial charge on any atom is -0.372 e. The van der Waals surface area contributed by atoms with E-state index in [1.807, 2.05) is 30.3 Å². The molecule has 0 unspecified atom stereocenters. The van der Waals surface area contributed by atoms with Crippen molar-refractivity contribution in [2.75, 3.05) is 0 Å². The van der Waals surface area contributed by atoms with Crippen LogP contribution in [0.15, 0.2) is 30.3 Å². The van der Waals surface area contributed by atoms with Crippen LogP contribution in [0.5, 0.6) is 0 Å². The number of ketones is 1. The molecule has 0 fully saturated rings. The molecular weight excluding hydrogens is 268 g/mol. The standard InChI is InChI=1S/C14H11ClO2S/c15-14-4-3-12(18-14)6-13(16)9-1-2-10-7-17-8-11(10)5-9/h1-5H,6-8H2. The van der Waals surface area contributed by atoms with Gasteiger partial charge in [0.1, 0.15) is 0 Å². The fraction of sp³-hybridized carbons (Fsp3) is 0.214. The smallest absolute Gasteiger partial charge is 0.168 e. The van der Waals surface area contributed by atoms with Crippen LogP contribution in [0.1, 0.15) is 26.4 Å². The van der Waals surface area contributed by atoms with Crippen LogP contribution in [0.2, 0.25) is 4.34 Å². The summed E-state index contributed by atoms with van der Waals surface area (Å²) in [6, 6.07) is 9.54. The van der Waals surface area contributed by atoms with Crippen LogP contribution in [0.4, 0.5) is 0 Å². The van der Waals surface area contributed by atoms with Crippen molar-refractivity contribution in [2.45, 2.75) is 19.6 Å². The van der Waals surface area contributed by atoms with Crippen LogP contribution >= 0.6 is 22.9 Å². The van der Waals surface area contributed by atoms with Crippen LogP contribution in [0, 0.1) is 0 Å². The van der Waals surface area contributed by atoms with Gasteiger partial charge in [0.15, 0.2) is 5.78 Å². The number of thiophene rings is 1. The zero-order chi connectivity index (χ0) is 12.5. The predicted octanol–water partition coefficient (Wildman–Crippen LogP) is 3.86. The molecule has 0 atom stereocenters. The van der Waals surface area contributed by atoms with Crippen molar-refractivity contribution in [1.29, 1.82) is 0 Å². The van der Waals surface area contributed by atoms with E-state index in [0.717, 1.165) is 20.3 Å². The molecule has 0 N–H and O–H groups in total. The number of ether oxygens (including phenoxy) is 1. The first-order valence-electron chi connectivity index (χ1n) is 5.69. The normalized spacial score (nSPS) is 13.6. The van der Waals surface area contributed by atoms with Gasteiger partial charge in [-0.1, -0.05) is 23.7 Å². The summed E-state index contributed by atoms with van der Waals surface area (Å²) >= 11 is 7.31. The molecule has 1 aromatic carbocycles. The lowest BCUT2D eigenvalue weighted by Gasteiger charge is -2.02. The molecule has 1 aliphatic heterocycles. The van der Waals surface area contributed by atoms with Gasteiger partial charge in [0.2, 0.25) is 0 Å². The molecule has 1 aromatic heterocycles. The monoisotopic (exact) mass is 278 g/mol. The van der Waals surface area contributed by atoms with Gasteiger partial charge in [-0.25, -0.2) is 0 Å². The highest BCUT2D eigenvalue weighted by atomic mass is 35.5. The third-order valence-electron chi connectivity index (χ3n) is 3.01. The Morgan fingerprint density at radius 3 is 2.83 bits per heavy atom. The highest BCUT2D eigenvalue weighted by Crippen LogP contribution is 2.24. The van der Waals surface area contributed by atoms with Crippen LogP contribution in [-0.4, -0.2) is 5.78 Å². The van der Waals surface area contributed by atoms with Gasteiger partial charge in [0.25, 0.3) is 0 Å². The van der Waals surface area contributed by atoms with Gasteiger partial charge in [0.05, 0.1) is 17.6 Å². The number of benzene rings is 1. The molecule has 2 aromatic rings. The van der Waals surface area contributed by atoms with E-state index in [9.17, 15) is 4.79 Å². The molecule has 0 saturated heterocycles. The van der Waals surface area contributed by atoms with E-state index >= 15 is 0 Å². The Balaban J connectivity index is 1.80. The van der Waals surface area contributed by atoms with Crippen LogP contribution in [-0.2, 0) is 24.4 Å². The number of Topliss-reactive ketones (excluding diaryl/α,β-unsaturated/α-hetero) is 1. The minimum absolute atomic E-state index is 0.128. The van der Waals surface area contributed by atoms with E-state index in [1.165, 1.54) is 16.9 Å². The third kappa shape index (κ3) is 2.34. The Labute approximate surface area is 114 Å². The number of halogens is 1. The predicted molar refractivity (Wildman–Crippen MR) is 72.3 cm³/mol. The van der Waals surface area contributed by atoms with Gasteiger partial charge < -0.3 is 4.74 Å². The van der Waals surface area contributed by atoms with Crippen LogP contribution < -0.4 is 0 Å². The lowest BCUT2D eigenvalue weighted by molar-refractivity contribution is 0.0993. The Hall–Kier alpha value is -1.16. The Bertz CT molecular complexity index is 604. The summed E-state index contributed by atoms with van der Waals surface area (Å²) in [5, 5.41) is 0. The first-order valence-corrected chi connectivity index (χ1v) is 6.89. The second-order valence-corrected chi connectivity index (χ2v) is 6.08. The molecule has 0 spiro atoms. The van der Waals surface area contributed by atoms with Crippen molar-refractivity contribution in [1.82, 2.24) is 0 Å². The molecule has 1 aliphatic rings. The highest BCUT2D eigenvalue weighted by molar-refractivity contribution is 7.16. The molecule has 4 heteroatoms.